The summed E-state index contributed by atoms with van der Waals surface area (Å²) in [5.41, 5.74) is 8.36. The van der Waals surface area contributed by atoms with Crippen LogP contribution in [0.5, 0.6) is 0 Å². The molecule has 0 amide bonds. The van der Waals surface area contributed by atoms with Crippen LogP contribution >= 0.6 is 23.1 Å². The Labute approximate surface area is 91.2 Å². The van der Waals surface area contributed by atoms with Crippen LogP contribution in [0.2, 0.25) is 0 Å². The second-order valence-corrected chi connectivity index (χ2v) is 4.85. The van der Waals surface area contributed by atoms with Gasteiger partial charge in [-0.25, -0.2) is 0 Å². The largest absolute Gasteiger partial charge is 0.399 e. The second kappa shape index (κ2) is 4.48. The number of thiazole rings is 1. The summed E-state index contributed by atoms with van der Waals surface area (Å²) in [6.07, 6.45) is 1.91. The van der Waals surface area contributed by atoms with Crippen LogP contribution in [-0.2, 0) is 5.75 Å². The minimum atomic E-state index is 0.819. The molecule has 2 N–H and O–H groups in total. The molecule has 0 aliphatic carbocycles. The molecule has 2 rings (SSSR count). The van der Waals surface area contributed by atoms with Crippen LogP contribution in [0.15, 0.2) is 40.9 Å². The third kappa shape index (κ3) is 2.49. The van der Waals surface area contributed by atoms with Crippen LogP contribution in [0.3, 0.4) is 0 Å². The summed E-state index contributed by atoms with van der Waals surface area (Å²) >= 11 is 3.47. The first kappa shape index (κ1) is 9.55. The summed E-state index contributed by atoms with van der Waals surface area (Å²) in [6, 6.07) is 7.94. The fraction of sp³-hybridized carbons (Fsp3) is 0.100. The fourth-order valence-corrected chi connectivity index (χ4v) is 2.68. The number of rotatable bonds is 3. The number of aromatic nitrogens is 1. The van der Waals surface area contributed by atoms with Crippen molar-refractivity contribution in [3.8, 4) is 0 Å². The Balaban J connectivity index is 1.98. The van der Waals surface area contributed by atoms with E-state index < -0.39 is 0 Å². The van der Waals surface area contributed by atoms with E-state index in [2.05, 4.69) is 11.1 Å². The van der Waals surface area contributed by atoms with Gasteiger partial charge in [0.15, 0.2) is 0 Å². The Morgan fingerprint density at radius 1 is 1.43 bits per heavy atom. The average Bonchev–Trinajstić information content (AvgIpc) is 2.67. The van der Waals surface area contributed by atoms with E-state index in [4.69, 9.17) is 5.73 Å². The van der Waals surface area contributed by atoms with Gasteiger partial charge < -0.3 is 5.73 Å². The lowest BCUT2D eigenvalue weighted by molar-refractivity contribution is 1.36. The Morgan fingerprint density at radius 2 is 2.36 bits per heavy atom. The molecule has 1 heterocycles. The van der Waals surface area contributed by atoms with Crippen molar-refractivity contribution in [3.63, 3.8) is 0 Å². The van der Waals surface area contributed by atoms with Gasteiger partial charge in [-0.1, -0.05) is 6.07 Å². The third-order valence-electron chi connectivity index (χ3n) is 1.72. The number of anilines is 1. The van der Waals surface area contributed by atoms with Crippen LogP contribution < -0.4 is 5.73 Å². The van der Waals surface area contributed by atoms with Crippen LogP contribution in [0.1, 0.15) is 4.88 Å². The molecule has 4 heteroatoms. The van der Waals surface area contributed by atoms with Gasteiger partial charge in [0.25, 0.3) is 0 Å². The van der Waals surface area contributed by atoms with Gasteiger partial charge in [0.2, 0.25) is 0 Å². The second-order valence-electron chi connectivity index (χ2n) is 2.83. The maximum atomic E-state index is 5.68. The van der Waals surface area contributed by atoms with E-state index in [1.54, 1.807) is 23.1 Å². The smallest absolute Gasteiger partial charge is 0.0794 e. The van der Waals surface area contributed by atoms with E-state index in [9.17, 15) is 0 Å². The summed E-state index contributed by atoms with van der Waals surface area (Å²) in [4.78, 5) is 6.53. The Bertz CT molecular complexity index is 398. The van der Waals surface area contributed by atoms with Gasteiger partial charge in [-0.15, -0.1) is 23.1 Å². The number of nitrogens with zero attached hydrogens (tertiary/aromatic N) is 1. The maximum absolute atomic E-state index is 5.68. The van der Waals surface area contributed by atoms with Crippen molar-refractivity contribution in [1.82, 2.24) is 4.98 Å². The first-order valence-electron chi connectivity index (χ1n) is 4.20. The van der Waals surface area contributed by atoms with Crippen molar-refractivity contribution in [3.05, 3.63) is 40.8 Å². The lowest BCUT2D eigenvalue weighted by atomic mass is 10.3. The summed E-state index contributed by atoms with van der Waals surface area (Å²) in [7, 11) is 0. The first-order valence-corrected chi connectivity index (χ1v) is 6.07. The van der Waals surface area contributed by atoms with E-state index >= 15 is 0 Å². The summed E-state index contributed by atoms with van der Waals surface area (Å²) in [5, 5.41) is 0. The highest BCUT2D eigenvalue weighted by Gasteiger charge is 1.97. The molecule has 0 spiro atoms. The normalized spacial score (nSPS) is 10.3. The van der Waals surface area contributed by atoms with Crippen LogP contribution in [0.25, 0.3) is 0 Å². The molecule has 0 saturated carbocycles. The van der Waals surface area contributed by atoms with Crippen molar-refractivity contribution in [2.45, 2.75) is 10.6 Å². The molecular weight excluding hydrogens is 212 g/mol. The van der Waals surface area contributed by atoms with Crippen LogP contribution in [0, 0.1) is 0 Å². The minimum Gasteiger partial charge on any atom is -0.399 e. The van der Waals surface area contributed by atoms with Crippen LogP contribution in [-0.4, -0.2) is 4.98 Å². The number of nitrogen functional groups attached to an aromatic ring is 1. The molecule has 0 radical (unpaired) electrons. The number of benzene rings is 1. The van der Waals surface area contributed by atoms with E-state index in [0.717, 1.165) is 11.4 Å². The Hall–Kier alpha value is -1.00. The zero-order valence-corrected chi connectivity index (χ0v) is 9.15. The molecule has 2 nitrogen and oxygen atoms in total. The van der Waals surface area contributed by atoms with E-state index in [0.29, 0.717) is 0 Å². The van der Waals surface area contributed by atoms with Gasteiger partial charge in [0.1, 0.15) is 0 Å². The molecule has 2 aromatic rings. The fourth-order valence-electron chi connectivity index (χ4n) is 1.07. The average molecular weight is 222 g/mol. The molecule has 14 heavy (non-hydrogen) atoms. The SMILES string of the molecule is Nc1cccc(SCc2cncs2)c1. The molecule has 0 atom stereocenters. The highest BCUT2D eigenvalue weighted by atomic mass is 32.2. The van der Waals surface area contributed by atoms with E-state index in [1.165, 1.54) is 9.77 Å². The summed E-state index contributed by atoms with van der Waals surface area (Å²) in [6.45, 7) is 0. The van der Waals surface area contributed by atoms with Crippen molar-refractivity contribution < 1.29 is 0 Å². The number of nitrogens with two attached hydrogens (primary N) is 1. The molecule has 0 fully saturated rings. The predicted molar refractivity (Wildman–Crippen MR) is 62.5 cm³/mol. The van der Waals surface area contributed by atoms with Gasteiger partial charge in [-0.3, -0.25) is 4.98 Å². The predicted octanol–water partition coefficient (Wildman–Crippen LogP) is 3.02. The van der Waals surface area contributed by atoms with Crippen LogP contribution in [0.4, 0.5) is 5.69 Å². The van der Waals surface area contributed by atoms with E-state index in [-0.39, 0.29) is 0 Å². The van der Waals surface area contributed by atoms with Gasteiger partial charge in [0, 0.05) is 27.4 Å². The lowest BCUT2D eigenvalue weighted by Crippen LogP contribution is -1.83. The highest BCUT2D eigenvalue weighted by Crippen LogP contribution is 2.25. The third-order valence-corrected chi connectivity index (χ3v) is 3.73. The topological polar surface area (TPSA) is 38.9 Å². The zero-order chi connectivity index (χ0) is 9.80. The van der Waals surface area contributed by atoms with Gasteiger partial charge in [-0.05, 0) is 18.2 Å². The summed E-state index contributed by atoms with van der Waals surface area (Å²) < 4.78 is 0. The molecule has 0 saturated heterocycles. The van der Waals surface area contributed by atoms with Gasteiger partial charge >= 0.3 is 0 Å². The quantitative estimate of drug-likeness (QED) is 0.641. The molecule has 0 unspecified atom stereocenters. The molecule has 0 aliphatic heterocycles. The van der Waals surface area contributed by atoms with Crippen molar-refractivity contribution in [1.29, 1.82) is 0 Å². The first-order chi connectivity index (χ1) is 6.84. The van der Waals surface area contributed by atoms with Crippen molar-refractivity contribution in [2.75, 3.05) is 5.73 Å². The number of hydrogen-bond donors (Lipinski definition) is 1. The molecule has 72 valence electrons. The summed E-state index contributed by atoms with van der Waals surface area (Å²) in [5.74, 6) is 0.966. The molecule has 1 aromatic carbocycles. The van der Waals surface area contributed by atoms with E-state index in [1.807, 2.05) is 29.9 Å². The lowest BCUT2D eigenvalue weighted by Gasteiger charge is -2.00. The molecule has 0 bridgehead atoms. The monoisotopic (exact) mass is 222 g/mol. The molecule has 0 aliphatic rings. The maximum Gasteiger partial charge on any atom is 0.0794 e. The highest BCUT2D eigenvalue weighted by molar-refractivity contribution is 7.98. The number of thioether (sulfide) groups is 1. The Morgan fingerprint density at radius 3 is 3.07 bits per heavy atom. The number of hydrogen-bond acceptors (Lipinski definition) is 4. The Kier molecular flexibility index (Phi) is 3.06. The molecule has 1 aromatic heterocycles. The standard InChI is InChI=1S/C10H10N2S2/c11-8-2-1-3-9(4-8)13-6-10-5-12-7-14-10/h1-5,7H,6,11H2. The zero-order valence-electron chi connectivity index (χ0n) is 7.51. The van der Waals surface area contributed by atoms with Crippen molar-refractivity contribution >= 4 is 28.8 Å². The molecular formula is C10H10N2S2. The van der Waals surface area contributed by atoms with Crippen molar-refractivity contribution in [2.24, 2.45) is 0 Å². The van der Waals surface area contributed by atoms with Gasteiger partial charge in [-0.2, -0.15) is 0 Å². The minimum absolute atomic E-state index is 0.819. The van der Waals surface area contributed by atoms with Gasteiger partial charge in [0.05, 0.1) is 5.51 Å².